The Bertz CT molecular complexity index is 332. The van der Waals surface area contributed by atoms with Crippen LogP contribution in [0.2, 0.25) is 0 Å². The van der Waals surface area contributed by atoms with Crippen molar-refractivity contribution >= 4 is 0 Å². The highest BCUT2D eigenvalue weighted by Crippen LogP contribution is 2.48. The van der Waals surface area contributed by atoms with Crippen LogP contribution in [0.3, 0.4) is 0 Å². The van der Waals surface area contributed by atoms with Crippen molar-refractivity contribution in [1.82, 2.24) is 0 Å². The van der Waals surface area contributed by atoms with Crippen LogP contribution < -0.4 is 0 Å². The molecule has 3 atom stereocenters. The van der Waals surface area contributed by atoms with Crippen molar-refractivity contribution in [2.75, 3.05) is 0 Å². The van der Waals surface area contributed by atoms with Crippen molar-refractivity contribution in [3.8, 4) is 0 Å². The Morgan fingerprint density at radius 2 is 1.88 bits per heavy atom. The zero-order valence-electron chi connectivity index (χ0n) is 10.7. The van der Waals surface area contributed by atoms with E-state index in [2.05, 4.69) is 26.0 Å². The zero-order chi connectivity index (χ0) is 11.1. The predicted octanol–water partition coefficient (Wildman–Crippen LogP) is 4.73. The maximum Gasteiger partial charge on any atom is -0.0136 e. The minimum atomic E-state index is 0.871. The second kappa shape index (κ2) is 4.05. The van der Waals surface area contributed by atoms with Crippen molar-refractivity contribution in [2.45, 2.75) is 52.4 Å². The number of allylic oxidation sites excluding steroid dienone is 4. The summed E-state index contributed by atoms with van der Waals surface area (Å²) in [5.41, 5.74) is 3.43. The molecule has 3 aliphatic carbocycles. The van der Waals surface area contributed by atoms with E-state index < -0.39 is 0 Å². The second-order valence-corrected chi connectivity index (χ2v) is 6.45. The molecule has 0 aromatic rings. The molecule has 88 valence electrons. The summed E-state index contributed by atoms with van der Waals surface area (Å²) < 4.78 is 0. The van der Waals surface area contributed by atoms with Crippen LogP contribution in [0.1, 0.15) is 52.4 Å². The topological polar surface area (TPSA) is 0 Å². The maximum atomic E-state index is 2.67. The molecule has 0 amide bonds. The van der Waals surface area contributed by atoms with Crippen molar-refractivity contribution in [3.05, 3.63) is 23.3 Å². The van der Waals surface area contributed by atoms with Crippen LogP contribution in [0.25, 0.3) is 0 Å². The van der Waals surface area contributed by atoms with E-state index in [-0.39, 0.29) is 0 Å². The number of hydrogen-bond donors (Lipinski definition) is 0. The van der Waals surface area contributed by atoms with E-state index in [0.717, 1.165) is 23.7 Å². The SMILES string of the molecule is CC(C)CC1CCC2C=C3CCCC3=CC21. The summed E-state index contributed by atoms with van der Waals surface area (Å²) in [4.78, 5) is 0. The minimum Gasteiger partial charge on any atom is -0.0773 e. The van der Waals surface area contributed by atoms with Gasteiger partial charge in [0.1, 0.15) is 0 Å². The van der Waals surface area contributed by atoms with Gasteiger partial charge in [0.05, 0.1) is 0 Å². The largest absolute Gasteiger partial charge is 0.0773 e. The van der Waals surface area contributed by atoms with E-state index in [1.165, 1.54) is 38.5 Å². The van der Waals surface area contributed by atoms with Crippen LogP contribution in [0, 0.1) is 23.7 Å². The van der Waals surface area contributed by atoms with E-state index in [1.807, 2.05) is 0 Å². The molecule has 0 bridgehead atoms. The highest BCUT2D eigenvalue weighted by atomic mass is 14.4. The molecule has 3 rings (SSSR count). The molecule has 0 aliphatic heterocycles. The van der Waals surface area contributed by atoms with Gasteiger partial charge in [0, 0.05) is 0 Å². The molecule has 0 spiro atoms. The van der Waals surface area contributed by atoms with Gasteiger partial charge in [0.25, 0.3) is 0 Å². The predicted molar refractivity (Wildman–Crippen MR) is 69.2 cm³/mol. The third-order valence-electron chi connectivity index (χ3n) is 4.80. The van der Waals surface area contributed by atoms with Gasteiger partial charge in [-0.2, -0.15) is 0 Å². The first-order chi connectivity index (χ1) is 7.74. The highest BCUT2D eigenvalue weighted by Gasteiger charge is 2.37. The fourth-order valence-electron chi connectivity index (χ4n) is 4.14. The van der Waals surface area contributed by atoms with Crippen LogP contribution in [-0.4, -0.2) is 0 Å². The smallest absolute Gasteiger partial charge is 0.0136 e. The molecule has 2 saturated carbocycles. The summed E-state index contributed by atoms with van der Waals surface area (Å²) in [6, 6.07) is 0. The average Bonchev–Trinajstić information content (AvgIpc) is 2.81. The Labute approximate surface area is 99.8 Å². The van der Waals surface area contributed by atoms with Gasteiger partial charge in [-0.05, 0) is 73.3 Å². The summed E-state index contributed by atoms with van der Waals surface area (Å²) >= 11 is 0. The van der Waals surface area contributed by atoms with Crippen molar-refractivity contribution in [1.29, 1.82) is 0 Å². The molecule has 0 N–H and O–H groups in total. The molecule has 2 fully saturated rings. The van der Waals surface area contributed by atoms with Crippen LogP contribution >= 0.6 is 0 Å². The number of rotatable bonds is 2. The van der Waals surface area contributed by atoms with Crippen molar-refractivity contribution < 1.29 is 0 Å². The fourth-order valence-corrected chi connectivity index (χ4v) is 4.14. The Morgan fingerprint density at radius 3 is 2.62 bits per heavy atom. The van der Waals surface area contributed by atoms with Crippen LogP contribution in [0.5, 0.6) is 0 Å². The molecule has 0 heterocycles. The first-order valence-corrected chi connectivity index (χ1v) is 7.16. The first-order valence-electron chi connectivity index (χ1n) is 7.16. The van der Waals surface area contributed by atoms with E-state index >= 15 is 0 Å². The zero-order valence-corrected chi connectivity index (χ0v) is 10.7. The summed E-state index contributed by atoms with van der Waals surface area (Å²) in [6.45, 7) is 4.75. The lowest BCUT2D eigenvalue weighted by Gasteiger charge is -2.26. The van der Waals surface area contributed by atoms with Gasteiger partial charge in [-0.15, -0.1) is 0 Å². The summed E-state index contributed by atoms with van der Waals surface area (Å²) in [6.07, 6.45) is 13.8. The Kier molecular flexibility index (Phi) is 2.69. The lowest BCUT2D eigenvalue weighted by atomic mass is 9.79. The standard InChI is InChI=1S/C16H24/c1-11(2)8-14-6-7-15-9-12-4-3-5-13(12)10-16(14)15/h9-11,14-16H,3-8H2,1-2H3. The normalized spacial score (nSPS) is 37.1. The van der Waals surface area contributed by atoms with Crippen LogP contribution in [0.15, 0.2) is 23.3 Å². The summed E-state index contributed by atoms with van der Waals surface area (Å²) in [5, 5.41) is 0. The quantitative estimate of drug-likeness (QED) is 0.626. The van der Waals surface area contributed by atoms with Gasteiger partial charge in [-0.3, -0.25) is 0 Å². The number of hydrogen-bond acceptors (Lipinski definition) is 0. The molecule has 3 aliphatic rings. The van der Waals surface area contributed by atoms with Gasteiger partial charge < -0.3 is 0 Å². The molecule has 0 saturated heterocycles. The second-order valence-electron chi connectivity index (χ2n) is 6.45. The minimum absolute atomic E-state index is 0.871. The molecular weight excluding hydrogens is 192 g/mol. The monoisotopic (exact) mass is 216 g/mol. The van der Waals surface area contributed by atoms with Gasteiger partial charge in [0.2, 0.25) is 0 Å². The van der Waals surface area contributed by atoms with E-state index in [4.69, 9.17) is 0 Å². The van der Waals surface area contributed by atoms with Gasteiger partial charge >= 0.3 is 0 Å². The first kappa shape index (κ1) is 10.6. The summed E-state index contributed by atoms with van der Waals surface area (Å²) in [5.74, 6) is 3.66. The molecule has 3 unspecified atom stereocenters. The molecule has 0 heteroatoms. The fraction of sp³-hybridized carbons (Fsp3) is 0.750. The molecule has 0 aromatic heterocycles. The van der Waals surface area contributed by atoms with Crippen LogP contribution in [-0.2, 0) is 0 Å². The van der Waals surface area contributed by atoms with Gasteiger partial charge in [-0.25, -0.2) is 0 Å². The Morgan fingerprint density at radius 1 is 1.12 bits per heavy atom. The van der Waals surface area contributed by atoms with Crippen molar-refractivity contribution in [2.24, 2.45) is 23.7 Å². The average molecular weight is 216 g/mol. The van der Waals surface area contributed by atoms with Crippen LogP contribution in [0.4, 0.5) is 0 Å². The van der Waals surface area contributed by atoms with Gasteiger partial charge in [-0.1, -0.05) is 26.0 Å². The lowest BCUT2D eigenvalue weighted by Crippen LogP contribution is -2.16. The van der Waals surface area contributed by atoms with E-state index in [9.17, 15) is 0 Å². The molecule has 0 radical (unpaired) electrons. The lowest BCUT2D eigenvalue weighted by molar-refractivity contribution is 0.345. The third kappa shape index (κ3) is 1.77. The molecule has 0 nitrogen and oxygen atoms in total. The maximum absolute atomic E-state index is 2.67. The highest BCUT2D eigenvalue weighted by molar-refractivity contribution is 5.40. The van der Waals surface area contributed by atoms with Crippen molar-refractivity contribution in [3.63, 3.8) is 0 Å². The Balaban J connectivity index is 1.79. The van der Waals surface area contributed by atoms with E-state index in [1.54, 1.807) is 11.1 Å². The molecule has 16 heavy (non-hydrogen) atoms. The number of fused-ring (bicyclic) bond motifs is 2. The molecule has 0 aromatic carbocycles. The van der Waals surface area contributed by atoms with E-state index in [0.29, 0.717) is 0 Å². The Hall–Kier alpha value is -0.520. The summed E-state index contributed by atoms with van der Waals surface area (Å²) in [7, 11) is 0. The molecular formula is C16H24. The third-order valence-corrected chi connectivity index (χ3v) is 4.80. The van der Waals surface area contributed by atoms with Gasteiger partial charge in [0.15, 0.2) is 0 Å².